The molecule has 0 radical (unpaired) electrons. The molecule has 0 heterocycles. The van der Waals surface area contributed by atoms with E-state index in [1.54, 1.807) is 0 Å². The lowest BCUT2D eigenvalue weighted by Gasteiger charge is -2.37. The number of fused-ring (bicyclic) bond motifs is 2. The molecule has 2 heteroatoms. The zero-order valence-electron chi connectivity index (χ0n) is 16.8. The Balaban J connectivity index is 1.45. The van der Waals surface area contributed by atoms with Crippen molar-refractivity contribution in [3.05, 3.63) is 11.8 Å². The van der Waals surface area contributed by atoms with Crippen LogP contribution in [-0.4, -0.2) is 6.61 Å². The van der Waals surface area contributed by atoms with E-state index in [0.717, 1.165) is 12.5 Å². The molecule has 24 heavy (non-hydrogen) atoms. The summed E-state index contributed by atoms with van der Waals surface area (Å²) in [6, 6.07) is 0. The van der Waals surface area contributed by atoms with Gasteiger partial charge in [-0.25, -0.2) is 0 Å². The molecular formula is C22H41NO. The smallest absolute Gasteiger partial charge is 0.0745 e. The van der Waals surface area contributed by atoms with Gasteiger partial charge >= 0.3 is 0 Å². The minimum absolute atomic E-state index is 0.287. The van der Waals surface area contributed by atoms with Crippen LogP contribution >= 0.6 is 0 Å². The Kier molecular flexibility index (Phi) is 7.65. The fourth-order valence-electron chi connectivity index (χ4n) is 4.63. The standard InChI is InChI=1S/C22H41NO/c1-5-6-7-8-9-10-11-12-13-14-17-24-23-20-18-19-15-16-22(20,4)21(19,2)3/h18-19,23H,5-17H2,1-4H3. The van der Waals surface area contributed by atoms with Crippen molar-refractivity contribution in [3.63, 3.8) is 0 Å². The molecule has 1 fully saturated rings. The highest BCUT2D eigenvalue weighted by atomic mass is 16.6. The van der Waals surface area contributed by atoms with Gasteiger partial charge in [0.05, 0.1) is 6.61 Å². The molecule has 2 nitrogen and oxygen atoms in total. The van der Waals surface area contributed by atoms with Crippen LogP contribution in [-0.2, 0) is 4.84 Å². The molecule has 0 aliphatic heterocycles. The van der Waals surface area contributed by atoms with Gasteiger partial charge in [0.25, 0.3) is 0 Å². The molecule has 0 spiro atoms. The number of rotatable bonds is 13. The van der Waals surface area contributed by atoms with Crippen LogP contribution in [0.15, 0.2) is 11.8 Å². The van der Waals surface area contributed by atoms with Crippen LogP contribution in [0.5, 0.6) is 0 Å². The van der Waals surface area contributed by atoms with Crippen molar-refractivity contribution >= 4 is 0 Å². The zero-order chi connectivity index (χ0) is 17.5. The van der Waals surface area contributed by atoms with Gasteiger partial charge in [-0.15, -0.1) is 0 Å². The highest BCUT2D eigenvalue weighted by Gasteiger charge is 2.57. The van der Waals surface area contributed by atoms with E-state index in [1.807, 2.05) is 0 Å². The van der Waals surface area contributed by atoms with Crippen molar-refractivity contribution in [1.82, 2.24) is 5.48 Å². The van der Waals surface area contributed by atoms with Gasteiger partial charge in [-0.2, -0.15) is 0 Å². The Morgan fingerprint density at radius 2 is 1.54 bits per heavy atom. The number of nitrogens with one attached hydrogen (secondary N) is 1. The van der Waals surface area contributed by atoms with Crippen LogP contribution < -0.4 is 5.48 Å². The van der Waals surface area contributed by atoms with Crippen molar-refractivity contribution in [2.75, 3.05) is 6.61 Å². The number of hydrogen-bond donors (Lipinski definition) is 1. The highest BCUT2D eigenvalue weighted by Crippen LogP contribution is 2.64. The normalized spacial score (nSPS) is 27.5. The summed E-state index contributed by atoms with van der Waals surface area (Å²) in [7, 11) is 0. The lowest BCUT2D eigenvalue weighted by molar-refractivity contribution is 0.0329. The predicted molar refractivity (Wildman–Crippen MR) is 104 cm³/mol. The summed E-state index contributed by atoms with van der Waals surface area (Å²) in [5, 5.41) is 0. The fraction of sp³-hybridized carbons (Fsp3) is 0.909. The number of hydrogen-bond acceptors (Lipinski definition) is 2. The van der Waals surface area contributed by atoms with Crippen LogP contribution in [0.25, 0.3) is 0 Å². The quantitative estimate of drug-likeness (QED) is 0.296. The maximum atomic E-state index is 5.78. The minimum atomic E-state index is 0.287. The van der Waals surface area contributed by atoms with Gasteiger partial charge in [-0.05, 0) is 30.6 Å². The molecular weight excluding hydrogens is 294 g/mol. The molecule has 1 N–H and O–H groups in total. The molecule has 0 aromatic heterocycles. The molecule has 2 atom stereocenters. The highest BCUT2D eigenvalue weighted by molar-refractivity contribution is 5.29. The average molecular weight is 336 g/mol. The summed E-state index contributed by atoms with van der Waals surface area (Å²) < 4.78 is 0. The van der Waals surface area contributed by atoms with Gasteiger partial charge in [0.1, 0.15) is 0 Å². The lowest BCUT2D eigenvalue weighted by atomic mass is 9.69. The number of hydroxylamine groups is 1. The van der Waals surface area contributed by atoms with Crippen molar-refractivity contribution < 1.29 is 4.84 Å². The molecule has 2 aliphatic rings. The Morgan fingerprint density at radius 1 is 0.958 bits per heavy atom. The first-order valence-corrected chi connectivity index (χ1v) is 10.6. The topological polar surface area (TPSA) is 21.3 Å². The molecule has 0 aromatic carbocycles. The van der Waals surface area contributed by atoms with Gasteiger partial charge in [0.15, 0.2) is 0 Å². The third-order valence-electron chi connectivity index (χ3n) is 7.05. The summed E-state index contributed by atoms with van der Waals surface area (Å²) >= 11 is 0. The molecule has 0 amide bonds. The van der Waals surface area contributed by atoms with E-state index in [1.165, 1.54) is 82.7 Å². The molecule has 2 bridgehead atoms. The maximum absolute atomic E-state index is 5.78. The molecule has 2 aliphatic carbocycles. The van der Waals surface area contributed by atoms with E-state index in [2.05, 4.69) is 39.3 Å². The summed E-state index contributed by atoms with van der Waals surface area (Å²) in [4.78, 5) is 5.78. The lowest BCUT2D eigenvalue weighted by Crippen LogP contribution is -2.35. The van der Waals surface area contributed by atoms with Crippen molar-refractivity contribution in [2.45, 2.75) is 105 Å². The van der Waals surface area contributed by atoms with Crippen LogP contribution in [0, 0.1) is 16.7 Å². The third kappa shape index (κ3) is 4.56. The Bertz CT molecular complexity index is 401. The summed E-state index contributed by atoms with van der Waals surface area (Å²) in [5.74, 6) is 0.728. The first kappa shape index (κ1) is 19.8. The third-order valence-corrected chi connectivity index (χ3v) is 7.05. The first-order valence-electron chi connectivity index (χ1n) is 10.6. The van der Waals surface area contributed by atoms with E-state index in [4.69, 9.17) is 4.84 Å². The molecule has 0 saturated heterocycles. The largest absolute Gasteiger partial charge is 0.276 e. The Labute approximate surface area is 150 Å². The van der Waals surface area contributed by atoms with Gasteiger partial charge in [0.2, 0.25) is 0 Å². The second-order valence-electron chi connectivity index (χ2n) is 8.91. The second kappa shape index (κ2) is 9.27. The molecule has 2 unspecified atom stereocenters. The van der Waals surface area contributed by atoms with E-state index in [-0.39, 0.29) is 5.41 Å². The van der Waals surface area contributed by atoms with Gasteiger partial charge in [0, 0.05) is 11.1 Å². The maximum Gasteiger partial charge on any atom is 0.0745 e. The average Bonchev–Trinajstić information content (AvgIpc) is 2.89. The Morgan fingerprint density at radius 3 is 2.04 bits per heavy atom. The zero-order valence-corrected chi connectivity index (χ0v) is 16.8. The summed E-state index contributed by atoms with van der Waals surface area (Å²) in [6.45, 7) is 10.4. The Hall–Kier alpha value is -0.500. The van der Waals surface area contributed by atoms with Crippen LogP contribution in [0.3, 0.4) is 0 Å². The van der Waals surface area contributed by atoms with E-state index < -0.39 is 0 Å². The fourth-order valence-corrected chi connectivity index (χ4v) is 4.63. The number of allylic oxidation sites excluding steroid dienone is 2. The van der Waals surface area contributed by atoms with Crippen LogP contribution in [0.4, 0.5) is 0 Å². The second-order valence-corrected chi connectivity index (χ2v) is 8.91. The molecule has 0 aromatic rings. The predicted octanol–water partition coefficient (Wildman–Crippen LogP) is 6.77. The monoisotopic (exact) mass is 335 g/mol. The van der Waals surface area contributed by atoms with Gasteiger partial charge in [-0.1, -0.05) is 91.6 Å². The van der Waals surface area contributed by atoms with Crippen LogP contribution in [0.1, 0.15) is 105 Å². The van der Waals surface area contributed by atoms with E-state index >= 15 is 0 Å². The molecule has 1 saturated carbocycles. The van der Waals surface area contributed by atoms with Crippen molar-refractivity contribution in [3.8, 4) is 0 Å². The van der Waals surface area contributed by atoms with Crippen molar-refractivity contribution in [1.29, 1.82) is 0 Å². The molecule has 140 valence electrons. The summed E-state index contributed by atoms with van der Waals surface area (Å²) in [5.41, 5.74) is 5.32. The molecule has 2 rings (SSSR count). The first-order chi connectivity index (χ1) is 11.5. The minimum Gasteiger partial charge on any atom is -0.276 e. The van der Waals surface area contributed by atoms with E-state index in [0.29, 0.717) is 5.41 Å². The number of unbranched alkanes of at least 4 members (excludes halogenated alkanes) is 9. The van der Waals surface area contributed by atoms with Gasteiger partial charge < -0.3 is 0 Å². The SMILES string of the molecule is CCCCCCCCCCCCONC1=CC2CCC1(C)C2(C)C. The van der Waals surface area contributed by atoms with Gasteiger partial charge in [-0.3, -0.25) is 10.3 Å². The van der Waals surface area contributed by atoms with Crippen molar-refractivity contribution in [2.24, 2.45) is 16.7 Å². The van der Waals surface area contributed by atoms with Crippen LogP contribution in [0.2, 0.25) is 0 Å². The van der Waals surface area contributed by atoms with E-state index in [9.17, 15) is 0 Å². The summed E-state index contributed by atoms with van der Waals surface area (Å²) in [6.07, 6.45) is 18.8.